The number of nitrogens with zero attached hydrogens (tertiary/aromatic N) is 2. The average molecular weight is 411 g/mol. The SMILES string of the molecule is CCC(C)C(C(=O)Nc1ccc([N+](=O)[O-])cc1OC)N1C(=O)c2ccccc2C1=O. The summed E-state index contributed by atoms with van der Waals surface area (Å²) in [6.07, 6.45) is 0.545. The van der Waals surface area contributed by atoms with Crippen molar-refractivity contribution >= 4 is 29.1 Å². The molecule has 3 amide bonds. The van der Waals surface area contributed by atoms with Gasteiger partial charge in [-0.15, -0.1) is 0 Å². The fourth-order valence-electron chi connectivity index (χ4n) is 3.42. The first kappa shape index (κ1) is 21.0. The smallest absolute Gasteiger partial charge is 0.273 e. The Morgan fingerprint density at radius 1 is 1.17 bits per heavy atom. The summed E-state index contributed by atoms with van der Waals surface area (Å²) in [5, 5.41) is 13.6. The fourth-order valence-corrected chi connectivity index (χ4v) is 3.42. The lowest BCUT2D eigenvalue weighted by atomic mass is 9.96. The first-order chi connectivity index (χ1) is 14.3. The number of benzene rings is 2. The van der Waals surface area contributed by atoms with Gasteiger partial charge in [0.05, 0.1) is 34.9 Å². The fraction of sp³-hybridized carbons (Fsp3) is 0.286. The Bertz CT molecular complexity index is 1000. The van der Waals surface area contributed by atoms with Gasteiger partial charge < -0.3 is 10.1 Å². The van der Waals surface area contributed by atoms with Crippen LogP contribution in [0, 0.1) is 16.0 Å². The van der Waals surface area contributed by atoms with Crippen molar-refractivity contribution in [3.05, 3.63) is 63.7 Å². The highest BCUT2D eigenvalue weighted by molar-refractivity contribution is 6.23. The van der Waals surface area contributed by atoms with Crippen LogP contribution in [0.15, 0.2) is 42.5 Å². The van der Waals surface area contributed by atoms with Crippen LogP contribution in [0.1, 0.15) is 41.0 Å². The van der Waals surface area contributed by atoms with Crippen molar-refractivity contribution in [1.29, 1.82) is 0 Å². The summed E-state index contributed by atoms with van der Waals surface area (Å²) in [6, 6.07) is 9.16. The van der Waals surface area contributed by atoms with Gasteiger partial charge >= 0.3 is 0 Å². The van der Waals surface area contributed by atoms with Gasteiger partial charge in [0.1, 0.15) is 11.8 Å². The molecule has 9 nitrogen and oxygen atoms in total. The van der Waals surface area contributed by atoms with Crippen LogP contribution in [0.2, 0.25) is 0 Å². The largest absolute Gasteiger partial charge is 0.494 e. The molecule has 2 atom stereocenters. The third-order valence-corrected chi connectivity index (χ3v) is 5.21. The topological polar surface area (TPSA) is 119 Å². The van der Waals surface area contributed by atoms with E-state index in [9.17, 15) is 24.5 Å². The Hall–Kier alpha value is -3.75. The van der Waals surface area contributed by atoms with Gasteiger partial charge in [-0.3, -0.25) is 29.4 Å². The van der Waals surface area contributed by atoms with Crippen molar-refractivity contribution in [2.75, 3.05) is 12.4 Å². The van der Waals surface area contributed by atoms with E-state index < -0.39 is 28.7 Å². The second kappa shape index (κ2) is 8.32. The molecular weight excluding hydrogens is 390 g/mol. The minimum absolute atomic E-state index is 0.0998. The Morgan fingerprint density at radius 3 is 2.27 bits per heavy atom. The molecular formula is C21H21N3O6. The Kier molecular flexibility index (Phi) is 5.81. The van der Waals surface area contributed by atoms with Crippen LogP contribution in [-0.4, -0.2) is 40.7 Å². The second-order valence-electron chi connectivity index (χ2n) is 6.99. The highest BCUT2D eigenvalue weighted by atomic mass is 16.6. The molecule has 0 aliphatic carbocycles. The van der Waals surface area contributed by atoms with Gasteiger partial charge in [-0.2, -0.15) is 0 Å². The zero-order chi connectivity index (χ0) is 22.0. The molecule has 0 saturated heterocycles. The number of non-ortho nitro benzene ring substituents is 1. The zero-order valence-electron chi connectivity index (χ0n) is 16.7. The summed E-state index contributed by atoms with van der Waals surface area (Å²) < 4.78 is 5.16. The number of nitro benzene ring substituents is 1. The highest BCUT2D eigenvalue weighted by Crippen LogP contribution is 2.32. The molecule has 2 aromatic carbocycles. The molecule has 0 radical (unpaired) electrons. The summed E-state index contributed by atoms with van der Waals surface area (Å²) in [5.74, 6) is -1.84. The van der Waals surface area contributed by atoms with Gasteiger partial charge in [-0.1, -0.05) is 32.4 Å². The summed E-state index contributed by atoms with van der Waals surface area (Å²) in [6.45, 7) is 3.64. The minimum atomic E-state index is -1.05. The highest BCUT2D eigenvalue weighted by Gasteiger charge is 2.44. The molecule has 0 saturated carbocycles. The average Bonchev–Trinajstić information content (AvgIpc) is 2.99. The van der Waals surface area contributed by atoms with Crippen molar-refractivity contribution in [3.63, 3.8) is 0 Å². The summed E-state index contributed by atoms with van der Waals surface area (Å²) in [4.78, 5) is 50.4. The van der Waals surface area contributed by atoms with E-state index in [2.05, 4.69) is 5.32 Å². The van der Waals surface area contributed by atoms with Crippen molar-refractivity contribution in [3.8, 4) is 5.75 Å². The molecule has 30 heavy (non-hydrogen) atoms. The number of hydrogen-bond acceptors (Lipinski definition) is 6. The number of imide groups is 1. The number of carbonyl (C=O) groups excluding carboxylic acids is 3. The van der Waals surface area contributed by atoms with E-state index in [0.29, 0.717) is 6.42 Å². The molecule has 1 aliphatic heterocycles. The summed E-state index contributed by atoms with van der Waals surface area (Å²) in [7, 11) is 1.32. The second-order valence-corrected chi connectivity index (χ2v) is 6.99. The Morgan fingerprint density at radius 2 is 1.77 bits per heavy atom. The summed E-state index contributed by atoms with van der Waals surface area (Å²) in [5.41, 5.74) is 0.537. The number of rotatable bonds is 7. The van der Waals surface area contributed by atoms with Gasteiger partial charge in [0, 0.05) is 6.07 Å². The zero-order valence-corrected chi connectivity index (χ0v) is 16.7. The predicted octanol–water partition coefficient (Wildman–Crippen LogP) is 3.25. The van der Waals surface area contributed by atoms with E-state index >= 15 is 0 Å². The van der Waals surface area contributed by atoms with Crippen molar-refractivity contribution in [1.82, 2.24) is 4.90 Å². The third kappa shape index (κ3) is 3.61. The van der Waals surface area contributed by atoms with E-state index in [1.54, 1.807) is 31.2 Å². The van der Waals surface area contributed by atoms with Gasteiger partial charge in [-0.05, 0) is 24.1 Å². The maximum absolute atomic E-state index is 13.2. The standard InChI is InChI=1S/C21H21N3O6/c1-4-12(2)18(23-20(26)14-7-5-6-8-15(14)21(23)27)19(25)22-16-10-9-13(24(28)29)11-17(16)30-3/h5-12,18H,4H2,1-3H3,(H,22,25). The number of fused-ring (bicyclic) bond motifs is 1. The van der Waals surface area contributed by atoms with Gasteiger partial charge in [0.15, 0.2) is 0 Å². The van der Waals surface area contributed by atoms with E-state index in [1.807, 2.05) is 6.92 Å². The molecule has 1 N–H and O–H groups in total. The van der Waals surface area contributed by atoms with Crippen LogP contribution < -0.4 is 10.1 Å². The number of ether oxygens (including phenoxy) is 1. The molecule has 156 valence electrons. The van der Waals surface area contributed by atoms with Crippen LogP contribution >= 0.6 is 0 Å². The monoisotopic (exact) mass is 411 g/mol. The maximum atomic E-state index is 13.2. The molecule has 1 aliphatic rings. The molecule has 2 aromatic rings. The molecule has 0 bridgehead atoms. The predicted molar refractivity (Wildman–Crippen MR) is 108 cm³/mol. The number of carbonyl (C=O) groups is 3. The van der Waals surface area contributed by atoms with Crippen molar-refractivity contribution < 1.29 is 24.0 Å². The summed E-state index contributed by atoms with van der Waals surface area (Å²) >= 11 is 0. The van der Waals surface area contributed by atoms with Crippen LogP contribution in [0.5, 0.6) is 5.75 Å². The van der Waals surface area contributed by atoms with E-state index in [0.717, 1.165) is 4.90 Å². The normalized spacial score (nSPS) is 14.8. The number of methoxy groups -OCH3 is 1. The van der Waals surface area contributed by atoms with E-state index in [1.165, 1.54) is 25.3 Å². The number of hydrogen-bond donors (Lipinski definition) is 1. The van der Waals surface area contributed by atoms with Crippen molar-refractivity contribution in [2.45, 2.75) is 26.3 Å². The lowest BCUT2D eigenvalue weighted by Crippen LogP contribution is -2.50. The Labute approximate surface area is 172 Å². The van der Waals surface area contributed by atoms with Gasteiger partial charge in [0.2, 0.25) is 5.91 Å². The quantitative estimate of drug-likeness (QED) is 0.424. The molecule has 2 unspecified atom stereocenters. The van der Waals surface area contributed by atoms with Crippen LogP contribution in [-0.2, 0) is 4.79 Å². The molecule has 0 aromatic heterocycles. The maximum Gasteiger partial charge on any atom is 0.273 e. The number of nitro groups is 1. The van der Waals surface area contributed by atoms with E-state index in [-0.39, 0.29) is 34.2 Å². The lowest BCUT2D eigenvalue weighted by molar-refractivity contribution is -0.384. The van der Waals surface area contributed by atoms with Gasteiger partial charge in [0.25, 0.3) is 17.5 Å². The molecule has 0 spiro atoms. The van der Waals surface area contributed by atoms with Crippen LogP contribution in [0.4, 0.5) is 11.4 Å². The third-order valence-electron chi connectivity index (χ3n) is 5.21. The van der Waals surface area contributed by atoms with Gasteiger partial charge in [-0.25, -0.2) is 0 Å². The molecule has 1 heterocycles. The number of anilines is 1. The first-order valence-corrected chi connectivity index (χ1v) is 9.40. The molecule has 9 heteroatoms. The van der Waals surface area contributed by atoms with E-state index in [4.69, 9.17) is 4.74 Å². The number of amides is 3. The van der Waals surface area contributed by atoms with Crippen LogP contribution in [0.25, 0.3) is 0 Å². The molecule has 0 fully saturated rings. The Balaban J connectivity index is 1.94. The lowest BCUT2D eigenvalue weighted by Gasteiger charge is -2.30. The van der Waals surface area contributed by atoms with Crippen LogP contribution in [0.3, 0.4) is 0 Å². The number of nitrogens with one attached hydrogen (secondary N) is 1. The molecule has 3 rings (SSSR count). The van der Waals surface area contributed by atoms with Crippen molar-refractivity contribution in [2.24, 2.45) is 5.92 Å². The first-order valence-electron chi connectivity index (χ1n) is 9.40. The minimum Gasteiger partial charge on any atom is -0.494 e.